The smallest absolute Gasteiger partial charge is 0.254 e. The molecule has 6 nitrogen and oxygen atoms in total. The van der Waals surface area contributed by atoms with Gasteiger partial charge in [-0.3, -0.25) is 4.79 Å². The molecule has 1 aromatic heterocycles. The molecule has 1 amide bonds. The van der Waals surface area contributed by atoms with Gasteiger partial charge in [0.05, 0.1) is 31.3 Å². The summed E-state index contributed by atoms with van der Waals surface area (Å²) in [5.41, 5.74) is 1.13. The highest BCUT2D eigenvalue weighted by Gasteiger charge is 2.33. The Bertz CT molecular complexity index is 762. The van der Waals surface area contributed by atoms with Gasteiger partial charge in [-0.15, -0.1) is 0 Å². The molecule has 0 N–H and O–H groups in total. The van der Waals surface area contributed by atoms with Crippen molar-refractivity contribution < 1.29 is 14.3 Å². The molecular weight excluding hydrogens is 306 g/mol. The zero-order chi connectivity index (χ0) is 16.9. The van der Waals surface area contributed by atoms with Crippen LogP contribution >= 0.6 is 0 Å². The normalized spacial score (nSPS) is 13.8. The third-order valence-electron chi connectivity index (χ3n) is 3.70. The molecule has 122 valence electrons. The third kappa shape index (κ3) is 3.46. The lowest BCUT2D eigenvalue weighted by molar-refractivity contribution is 0.0160. The topological polar surface area (TPSA) is 75.4 Å². The first kappa shape index (κ1) is 15.8. The van der Waals surface area contributed by atoms with Crippen molar-refractivity contribution >= 4 is 5.91 Å². The van der Waals surface area contributed by atoms with Crippen LogP contribution in [0.3, 0.4) is 0 Å². The highest BCUT2D eigenvalue weighted by molar-refractivity contribution is 5.94. The van der Waals surface area contributed by atoms with Crippen LogP contribution in [0.2, 0.25) is 0 Å². The van der Waals surface area contributed by atoms with Crippen LogP contribution in [0.4, 0.5) is 0 Å². The number of hydrogen-bond acceptors (Lipinski definition) is 5. The number of nitrogens with zero attached hydrogens (tertiary/aromatic N) is 3. The standard InChI is InChI=1S/C18H17N3O3/c1-2-23-15-5-3-14(4-6-15)18(22)21-11-16(12-21)24-17-9-13(10-19)7-8-20-17/h3-9,16H,2,11-12H2,1H3. The zero-order valence-corrected chi connectivity index (χ0v) is 13.3. The van der Waals surface area contributed by atoms with Gasteiger partial charge in [0.15, 0.2) is 0 Å². The van der Waals surface area contributed by atoms with Crippen molar-refractivity contribution in [3.63, 3.8) is 0 Å². The molecule has 6 heteroatoms. The number of carbonyl (C=O) groups is 1. The lowest BCUT2D eigenvalue weighted by Gasteiger charge is -2.38. The van der Waals surface area contributed by atoms with E-state index in [-0.39, 0.29) is 12.0 Å². The molecule has 1 saturated heterocycles. The van der Waals surface area contributed by atoms with Crippen LogP contribution in [0, 0.1) is 11.3 Å². The van der Waals surface area contributed by atoms with Gasteiger partial charge in [0.2, 0.25) is 5.88 Å². The molecule has 0 radical (unpaired) electrons. The van der Waals surface area contributed by atoms with Gasteiger partial charge in [-0.25, -0.2) is 4.98 Å². The Morgan fingerprint density at radius 2 is 2.08 bits per heavy atom. The summed E-state index contributed by atoms with van der Waals surface area (Å²) in [6.07, 6.45) is 1.44. The Morgan fingerprint density at radius 3 is 2.75 bits per heavy atom. The van der Waals surface area contributed by atoms with Crippen molar-refractivity contribution in [2.45, 2.75) is 13.0 Å². The van der Waals surface area contributed by atoms with E-state index in [0.29, 0.717) is 36.7 Å². The molecule has 0 unspecified atom stereocenters. The molecule has 2 aromatic rings. The molecule has 1 aliphatic heterocycles. The van der Waals surface area contributed by atoms with Crippen LogP contribution in [-0.4, -0.2) is 41.6 Å². The molecule has 0 atom stereocenters. The first-order chi connectivity index (χ1) is 11.7. The summed E-state index contributed by atoms with van der Waals surface area (Å²) < 4.78 is 11.1. The summed E-state index contributed by atoms with van der Waals surface area (Å²) in [5.74, 6) is 1.13. The van der Waals surface area contributed by atoms with Crippen LogP contribution in [-0.2, 0) is 0 Å². The largest absolute Gasteiger partial charge is 0.494 e. The number of hydrogen-bond donors (Lipinski definition) is 0. The summed E-state index contributed by atoms with van der Waals surface area (Å²) >= 11 is 0. The molecule has 0 aliphatic carbocycles. The van der Waals surface area contributed by atoms with Crippen molar-refractivity contribution in [2.24, 2.45) is 0 Å². The average Bonchev–Trinajstić information content (AvgIpc) is 2.58. The summed E-state index contributed by atoms with van der Waals surface area (Å²) in [4.78, 5) is 18.2. The van der Waals surface area contributed by atoms with E-state index in [1.54, 1.807) is 41.3 Å². The number of benzene rings is 1. The predicted molar refractivity (Wildman–Crippen MR) is 86.9 cm³/mol. The molecule has 0 saturated carbocycles. The summed E-state index contributed by atoms with van der Waals surface area (Å²) in [6, 6.07) is 12.4. The van der Waals surface area contributed by atoms with E-state index >= 15 is 0 Å². The maximum atomic E-state index is 12.4. The summed E-state index contributed by atoms with van der Waals surface area (Å²) in [5, 5.41) is 8.87. The number of amides is 1. The van der Waals surface area contributed by atoms with Crippen molar-refractivity contribution in [1.29, 1.82) is 5.26 Å². The maximum Gasteiger partial charge on any atom is 0.254 e. The zero-order valence-electron chi connectivity index (χ0n) is 13.3. The van der Waals surface area contributed by atoms with E-state index in [2.05, 4.69) is 4.98 Å². The molecular formula is C18H17N3O3. The minimum atomic E-state index is -0.0990. The molecule has 3 rings (SSSR count). The van der Waals surface area contributed by atoms with E-state index in [0.717, 1.165) is 5.75 Å². The second kappa shape index (κ2) is 7.01. The lowest BCUT2D eigenvalue weighted by Crippen LogP contribution is -2.56. The van der Waals surface area contributed by atoms with E-state index in [4.69, 9.17) is 14.7 Å². The van der Waals surface area contributed by atoms with Gasteiger partial charge in [0, 0.05) is 17.8 Å². The van der Waals surface area contributed by atoms with Gasteiger partial charge in [0.1, 0.15) is 11.9 Å². The quantitative estimate of drug-likeness (QED) is 0.843. The minimum Gasteiger partial charge on any atom is -0.494 e. The maximum absolute atomic E-state index is 12.4. The van der Waals surface area contributed by atoms with Crippen molar-refractivity contribution in [2.75, 3.05) is 19.7 Å². The van der Waals surface area contributed by atoms with E-state index < -0.39 is 0 Å². The molecule has 0 spiro atoms. The Morgan fingerprint density at radius 1 is 1.33 bits per heavy atom. The Balaban J connectivity index is 1.54. The number of carbonyl (C=O) groups excluding carboxylic acids is 1. The molecule has 1 aliphatic rings. The first-order valence-electron chi connectivity index (χ1n) is 7.74. The summed E-state index contributed by atoms with van der Waals surface area (Å²) in [6.45, 7) is 3.52. The van der Waals surface area contributed by atoms with Crippen LogP contribution in [0.5, 0.6) is 11.6 Å². The average molecular weight is 323 g/mol. The van der Waals surface area contributed by atoms with Crippen LogP contribution in [0.15, 0.2) is 42.6 Å². The van der Waals surface area contributed by atoms with Gasteiger partial charge in [-0.05, 0) is 37.3 Å². The number of pyridine rings is 1. The number of nitriles is 1. The van der Waals surface area contributed by atoms with Crippen molar-refractivity contribution in [3.05, 3.63) is 53.7 Å². The van der Waals surface area contributed by atoms with Gasteiger partial charge in [-0.2, -0.15) is 5.26 Å². The second-order valence-electron chi connectivity index (χ2n) is 5.40. The lowest BCUT2D eigenvalue weighted by atomic mass is 10.1. The fourth-order valence-corrected chi connectivity index (χ4v) is 2.44. The monoisotopic (exact) mass is 323 g/mol. The molecule has 0 bridgehead atoms. The third-order valence-corrected chi connectivity index (χ3v) is 3.70. The highest BCUT2D eigenvalue weighted by Crippen LogP contribution is 2.20. The number of ether oxygens (including phenoxy) is 2. The van der Waals surface area contributed by atoms with Crippen molar-refractivity contribution in [3.8, 4) is 17.7 Å². The summed E-state index contributed by atoms with van der Waals surface area (Å²) in [7, 11) is 0. The Labute approximate surface area is 140 Å². The fraction of sp³-hybridized carbons (Fsp3) is 0.278. The molecule has 1 fully saturated rings. The van der Waals surface area contributed by atoms with Crippen LogP contribution in [0.25, 0.3) is 0 Å². The molecule has 1 aromatic carbocycles. The number of aromatic nitrogens is 1. The molecule has 2 heterocycles. The van der Waals surface area contributed by atoms with E-state index in [1.165, 1.54) is 6.20 Å². The van der Waals surface area contributed by atoms with E-state index in [9.17, 15) is 4.79 Å². The van der Waals surface area contributed by atoms with Gasteiger partial charge >= 0.3 is 0 Å². The fourth-order valence-electron chi connectivity index (χ4n) is 2.44. The Hall–Kier alpha value is -3.07. The minimum absolute atomic E-state index is 0.0309. The van der Waals surface area contributed by atoms with Gasteiger partial charge in [-0.1, -0.05) is 0 Å². The predicted octanol–water partition coefficient (Wildman–Crippen LogP) is 2.26. The van der Waals surface area contributed by atoms with Crippen molar-refractivity contribution in [1.82, 2.24) is 9.88 Å². The highest BCUT2D eigenvalue weighted by atomic mass is 16.5. The number of likely N-dealkylation sites (tertiary alicyclic amines) is 1. The van der Waals surface area contributed by atoms with Gasteiger partial charge in [0.25, 0.3) is 5.91 Å². The second-order valence-corrected chi connectivity index (χ2v) is 5.40. The van der Waals surface area contributed by atoms with Crippen LogP contribution in [0.1, 0.15) is 22.8 Å². The first-order valence-corrected chi connectivity index (χ1v) is 7.74. The van der Waals surface area contributed by atoms with Crippen LogP contribution < -0.4 is 9.47 Å². The molecule has 24 heavy (non-hydrogen) atoms. The number of rotatable bonds is 5. The Kier molecular flexibility index (Phi) is 4.62. The van der Waals surface area contributed by atoms with E-state index in [1.807, 2.05) is 13.0 Å². The van der Waals surface area contributed by atoms with Gasteiger partial charge < -0.3 is 14.4 Å². The SMILES string of the molecule is CCOc1ccc(C(=O)N2CC(Oc3cc(C#N)ccn3)C2)cc1.